The lowest BCUT2D eigenvalue weighted by atomic mass is 10.2. The summed E-state index contributed by atoms with van der Waals surface area (Å²) in [4.78, 5) is 38.8. The zero-order chi connectivity index (χ0) is 22.0. The van der Waals surface area contributed by atoms with Crippen molar-refractivity contribution in [2.45, 2.75) is 58.1 Å². The number of nitrogens with zero attached hydrogens (tertiary/aromatic N) is 3. The molecule has 3 aromatic rings. The molecule has 1 saturated heterocycles. The predicted molar refractivity (Wildman–Crippen MR) is 120 cm³/mol. The molecule has 1 N–H and O–H groups in total. The number of esters is 1. The molecule has 0 amide bonds. The number of nitrogens with one attached hydrogen (secondary N) is 1. The summed E-state index contributed by atoms with van der Waals surface area (Å²) >= 11 is 0. The van der Waals surface area contributed by atoms with E-state index in [1.54, 1.807) is 0 Å². The third-order valence-corrected chi connectivity index (χ3v) is 5.30. The smallest absolute Gasteiger partial charge is 0.306 e. The molecular formula is C24H28N4O3. The van der Waals surface area contributed by atoms with Crippen LogP contribution in [0.2, 0.25) is 0 Å². The van der Waals surface area contributed by atoms with E-state index in [0.717, 1.165) is 48.1 Å². The van der Waals surface area contributed by atoms with Crippen LogP contribution in [0.1, 0.15) is 45.7 Å². The fourth-order valence-corrected chi connectivity index (χ4v) is 3.94. The van der Waals surface area contributed by atoms with Crippen LogP contribution in [0.5, 0.6) is 0 Å². The van der Waals surface area contributed by atoms with Crippen LogP contribution in [0.15, 0.2) is 36.4 Å². The molecule has 3 heterocycles. The minimum atomic E-state index is -0.500. The van der Waals surface area contributed by atoms with Crippen LogP contribution in [-0.4, -0.2) is 45.4 Å². The topological polar surface area (TPSA) is 88.2 Å². The molecule has 7 heteroatoms. The second-order valence-corrected chi connectivity index (χ2v) is 8.92. The highest BCUT2D eigenvalue weighted by Gasteiger charge is 2.28. The zero-order valence-corrected chi connectivity index (χ0v) is 18.2. The van der Waals surface area contributed by atoms with Gasteiger partial charge in [-0.05, 0) is 46.1 Å². The van der Waals surface area contributed by atoms with Gasteiger partial charge in [0, 0.05) is 17.8 Å². The van der Waals surface area contributed by atoms with Gasteiger partial charge in [-0.1, -0.05) is 30.3 Å². The Morgan fingerprint density at radius 1 is 1.26 bits per heavy atom. The summed E-state index contributed by atoms with van der Waals surface area (Å²) < 4.78 is 5.42. The molecule has 1 aliphatic heterocycles. The number of aldehydes is 1. The van der Waals surface area contributed by atoms with Gasteiger partial charge in [0.2, 0.25) is 0 Å². The molecule has 31 heavy (non-hydrogen) atoms. The lowest BCUT2D eigenvalue weighted by molar-refractivity contribution is -0.154. The number of H-pyrrole nitrogens is 1. The van der Waals surface area contributed by atoms with Crippen LogP contribution < -0.4 is 4.90 Å². The lowest BCUT2D eigenvalue weighted by Gasteiger charge is -2.22. The van der Waals surface area contributed by atoms with Crippen molar-refractivity contribution >= 4 is 29.1 Å². The molecule has 0 spiro atoms. The predicted octanol–water partition coefficient (Wildman–Crippen LogP) is 4.07. The van der Waals surface area contributed by atoms with E-state index in [1.807, 2.05) is 57.2 Å². The number of ether oxygens (including phenoxy) is 1. The molecule has 0 aliphatic carbocycles. The van der Waals surface area contributed by atoms with Gasteiger partial charge in [-0.3, -0.25) is 4.79 Å². The fourth-order valence-electron chi connectivity index (χ4n) is 3.94. The Bertz CT molecular complexity index is 1090. The number of fused-ring (bicyclic) bond motifs is 1. The Morgan fingerprint density at radius 3 is 2.74 bits per heavy atom. The van der Waals surface area contributed by atoms with Crippen molar-refractivity contribution in [3.05, 3.63) is 42.1 Å². The van der Waals surface area contributed by atoms with Crippen LogP contribution in [0.4, 0.5) is 5.82 Å². The van der Waals surface area contributed by atoms with Gasteiger partial charge in [0.15, 0.2) is 5.82 Å². The molecule has 2 aromatic heterocycles. The van der Waals surface area contributed by atoms with Crippen molar-refractivity contribution in [3.8, 4) is 11.4 Å². The Morgan fingerprint density at radius 2 is 2.03 bits per heavy atom. The Kier molecular flexibility index (Phi) is 5.76. The average molecular weight is 421 g/mol. The molecule has 1 atom stereocenters. The molecular weight excluding hydrogens is 392 g/mol. The molecule has 7 nitrogen and oxygen atoms in total. The van der Waals surface area contributed by atoms with Crippen LogP contribution in [0, 0.1) is 0 Å². The van der Waals surface area contributed by atoms with Crippen molar-refractivity contribution in [2.24, 2.45) is 0 Å². The number of aromatic nitrogens is 3. The summed E-state index contributed by atoms with van der Waals surface area (Å²) in [6.45, 7) is 6.36. The van der Waals surface area contributed by atoms with Gasteiger partial charge < -0.3 is 19.4 Å². The second-order valence-electron chi connectivity index (χ2n) is 8.92. The maximum atomic E-state index is 12.1. The SMILES string of the molecule is CC(C)(C)OC(=O)CCc1cc2c(N3CCCC3C=O)nc(-c3ccccc3)nc2[nH]1. The Balaban J connectivity index is 1.69. The van der Waals surface area contributed by atoms with E-state index in [1.165, 1.54) is 0 Å². The third kappa shape index (κ3) is 4.76. The standard InChI is InChI=1S/C24H28N4O3/c1-24(2,3)31-20(30)12-11-17-14-19-22(25-17)26-21(16-8-5-4-6-9-16)27-23(19)28-13-7-10-18(28)15-29/h4-6,8-9,14-15,18H,7,10-13H2,1-3H3,(H,25,26,27). The lowest BCUT2D eigenvalue weighted by Crippen LogP contribution is -2.31. The molecule has 162 valence electrons. The maximum absolute atomic E-state index is 12.1. The van der Waals surface area contributed by atoms with Gasteiger partial charge in [0.05, 0.1) is 17.8 Å². The molecule has 1 unspecified atom stereocenters. The molecule has 1 aliphatic rings. The van der Waals surface area contributed by atoms with Gasteiger partial charge in [-0.25, -0.2) is 9.97 Å². The van der Waals surface area contributed by atoms with E-state index in [2.05, 4.69) is 9.88 Å². The highest BCUT2D eigenvalue weighted by molar-refractivity contribution is 5.91. The first-order valence-electron chi connectivity index (χ1n) is 10.7. The first-order valence-corrected chi connectivity index (χ1v) is 10.7. The number of benzene rings is 1. The van der Waals surface area contributed by atoms with Crippen molar-refractivity contribution in [3.63, 3.8) is 0 Å². The largest absolute Gasteiger partial charge is 0.460 e. The van der Waals surface area contributed by atoms with Crippen molar-refractivity contribution in [2.75, 3.05) is 11.4 Å². The zero-order valence-electron chi connectivity index (χ0n) is 18.2. The molecule has 0 bridgehead atoms. The van der Waals surface area contributed by atoms with E-state index in [9.17, 15) is 9.59 Å². The Labute approximate surface area is 181 Å². The van der Waals surface area contributed by atoms with Crippen molar-refractivity contribution in [1.29, 1.82) is 0 Å². The summed E-state index contributed by atoms with van der Waals surface area (Å²) in [6, 6.07) is 11.6. The molecule has 0 radical (unpaired) electrons. The number of rotatable bonds is 6. The number of aromatic amines is 1. The number of hydrogen-bond acceptors (Lipinski definition) is 6. The van der Waals surface area contributed by atoms with E-state index >= 15 is 0 Å². The van der Waals surface area contributed by atoms with Gasteiger partial charge in [0.25, 0.3) is 0 Å². The summed E-state index contributed by atoms with van der Waals surface area (Å²) in [5.41, 5.74) is 2.01. The van der Waals surface area contributed by atoms with Gasteiger partial charge >= 0.3 is 5.97 Å². The number of hydrogen-bond donors (Lipinski definition) is 1. The van der Waals surface area contributed by atoms with Crippen LogP contribution >= 0.6 is 0 Å². The van der Waals surface area contributed by atoms with Crippen molar-refractivity contribution < 1.29 is 14.3 Å². The number of carbonyl (C=O) groups excluding carboxylic acids is 2. The normalized spacial score (nSPS) is 16.6. The third-order valence-electron chi connectivity index (χ3n) is 5.30. The highest BCUT2D eigenvalue weighted by atomic mass is 16.6. The Hall–Kier alpha value is -3.22. The molecule has 1 aromatic carbocycles. The summed E-state index contributed by atoms with van der Waals surface area (Å²) in [7, 11) is 0. The molecule has 4 rings (SSSR count). The van der Waals surface area contributed by atoms with Gasteiger partial charge in [-0.2, -0.15) is 0 Å². The van der Waals surface area contributed by atoms with Crippen LogP contribution in [-0.2, 0) is 20.7 Å². The quantitative estimate of drug-likeness (QED) is 0.478. The van der Waals surface area contributed by atoms with E-state index in [-0.39, 0.29) is 18.4 Å². The summed E-state index contributed by atoms with van der Waals surface area (Å²) in [5, 5.41) is 0.868. The minimum Gasteiger partial charge on any atom is -0.460 e. The first-order chi connectivity index (χ1) is 14.8. The van der Waals surface area contributed by atoms with E-state index in [0.29, 0.717) is 17.9 Å². The monoisotopic (exact) mass is 420 g/mol. The second kappa shape index (κ2) is 8.49. The van der Waals surface area contributed by atoms with Crippen molar-refractivity contribution in [1.82, 2.24) is 15.0 Å². The van der Waals surface area contributed by atoms with E-state index < -0.39 is 5.60 Å². The van der Waals surface area contributed by atoms with Crippen LogP contribution in [0.25, 0.3) is 22.4 Å². The number of aryl methyl sites for hydroxylation is 1. The van der Waals surface area contributed by atoms with Gasteiger partial charge in [0.1, 0.15) is 23.4 Å². The summed E-state index contributed by atoms with van der Waals surface area (Å²) in [5.74, 6) is 1.14. The van der Waals surface area contributed by atoms with Crippen LogP contribution in [0.3, 0.4) is 0 Å². The number of carbonyl (C=O) groups is 2. The maximum Gasteiger partial charge on any atom is 0.306 e. The first kappa shape index (κ1) is 21.0. The fraction of sp³-hybridized carbons (Fsp3) is 0.417. The molecule has 1 fully saturated rings. The van der Waals surface area contributed by atoms with Gasteiger partial charge in [-0.15, -0.1) is 0 Å². The minimum absolute atomic E-state index is 0.179. The average Bonchev–Trinajstić information content (AvgIpc) is 3.37. The number of anilines is 1. The molecule has 0 saturated carbocycles. The summed E-state index contributed by atoms with van der Waals surface area (Å²) in [6.07, 6.45) is 3.57. The van der Waals surface area contributed by atoms with E-state index in [4.69, 9.17) is 14.7 Å². The highest BCUT2D eigenvalue weighted by Crippen LogP contribution is 2.32.